The zero-order chi connectivity index (χ0) is 22.4. The molecule has 4 heterocycles. The summed E-state index contributed by atoms with van der Waals surface area (Å²) in [5.74, 6) is 0.765. The van der Waals surface area contributed by atoms with Crippen molar-refractivity contribution in [2.45, 2.75) is 26.3 Å². The minimum absolute atomic E-state index is 0.0622. The summed E-state index contributed by atoms with van der Waals surface area (Å²) in [6.45, 7) is 7.37. The molecule has 2 atom stereocenters. The quantitative estimate of drug-likeness (QED) is 0.423. The number of hydrogen-bond acceptors (Lipinski definition) is 5. The van der Waals surface area contributed by atoms with Crippen LogP contribution < -0.4 is 10.3 Å². The third-order valence-electron chi connectivity index (χ3n) is 7.68. The molecular formula is C27H26N5O. The molecule has 2 aromatic carbocycles. The predicted molar refractivity (Wildman–Crippen MR) is 131 cm³/mol. The number of fused-ring (bicyclic) bond motifs is 5. The number of rotatable bonds is 2. The molecule has 3 aliphatic rings. The normalized spacial score (nSPS) is 21.7. The zero-order valence-electron chi connectivity index (χ0n) is 19.2. The van der Waals surface area contributed by atoms with E-state index in [1.165, 1.54) is 18.7 Å². The minimum Gasteiger partial charge on any atom is -0.367 e. The summed E-state index contributed by atoms with van der Waals surface area (Å²) in [6.07, 6.45) is 7.19. The van der Waals surface area contributed by atoms with Crippen molar-refractivity contribution in [1.29, 1.82) is 0 Å². The van der Waals surface area contributed by atoms with E-state index in [4.69, 9.17) is 4.98 Å². The summed E-state index contributed by atoms with van der Waals surface area (Å²) in [5.41, 5.74) is 7.19. The van der Waals surface area contributed by atoms with E-state index in [2.05, 4.69) is 40.0 Å². The van der Waals surface area contributed by atoms with Crippen molar-refractivity contribution in [3.63, 3.8) is 0 Å². The Kier molecular flexibility index (Phi) is 3.87. The highest BCUT2D eigenvalue weighted by Gasteiger charge is 2.40. The smallest absolute Gasteiger partial charge is 0.192 e. The lowest BCUT2D eigenvalue weighted by atomic mass is 10.0. The summed E-state index contributed by atoms with van der Waals surface area (Å²) in [6, 6.07) is 9.32. The van der Waals surface area contributed by atoms with Crippen LogP contribution in [0.15, 0.2) is 41.5 Å². The SMILES string of the molecule is Cc1cn2cc(-c3cc4ccc(N5CC[C@H]6CN(C)C[C@H]65)cc4c4c(c3=O)[CH]4)nc2c(C)n1. The zero-order valence-corrected chi connectivity index (χ0v) is 19.2. The number of likely N-dealkylation sites (N-methyl/N-ethyl adjacent to an activating group) is 1. The van der Waals surface area contributed by atoms with Crippen LogP contribution in [-0.4, -0.2) is 52.0 Å². The molecule has 1 radical (unpaired) electrons. The third-order valence-corrected chi connectivity index (χ3v) is 7.68. The second-order valence-corrected chi connectivity index (χ2v) is 9.99. The minimum atomic E-state index is 0.0622. The second-order valence-electron chi connectivity index (χ2n) is 9.99. The van der Waals surface area contributed by atoms with Gasteiger partial charge in [0.05, 0.1) is 22.6 Å². The molecule has 165 valence electrons. The first-order valence-electron chi connectivity index (χ1n) is 11.7. The predicted octanol–water partition coefficient (Wildman–Crippen LogP) is 3.58. The maximum atomic E-state index is 13.4. The Morgan fingerprint density at radius 2 is 1.91 bits per heavy atom. The van der Waals surface area contributed by atoms with Gasteiger partial charge in [0.15, 0.2) is 11.1 Å². The average Bonchev–Trinajstić information content (AvgIpc) is 3.14. The van der Waals surface area contributed by atoms with Crippen LogP contribution in [0.3, 0.4) is 0 Å². The largest absolute Gasteiger partial charge is 0.367 e. The van der Waals surface area contributed by atoms with E-state index in [0.717, 1.165) is 57.9 Å². The Bertz CT molecular complexity index is 1540. The van der Waals surface area contributed by atoms with Gasteiger partial charge >= 0.3 is 0 Å². The first kappa shape index (κ1) is 19.2. The number of likely N-dealkylation sites (tertiary alicyclic amines) is 1. The van der Waals surface area contributed by atoms with Gasteiger partial charge in [0, 0.05) is 55.7 Å². The molecule has 0 spiro atoms. The topological polar surface area (TPSA) is 53.7 Å². The molecule has 2 aliphatic heterocycles. The Balaban J connectivity index is 1.37. The van der Waals surface area contributed by atoms with Gasteiger partial charge in [-0.1, -0.05) is 6.07 Å². The van der Waals surface area contributed by atoms with E-state index < -0.39 is 0 Å². The molecule has 4 aromatic rings. The molecule has 0 unspecified atom stereocenters. The lowest BCUT2D eigenvalue weighted by Gasteiger charge is -2.26. The molecule has 33 heavy (non-hydrogen) atoms. The molecule has 7 rings (SSSR count). The van der Waals surface area contributed by atoms with Crippen molar-refractivity contribution in [2.24, 2.45) is 5.92 Å². The summed E-state index contributed by atoms with van der Waals surface area (Å²) >= 11 is 0. The van der Waals surface area contributed by atoms with Crippen LogP contribution in [0, 0.1) is 26.2 Å². The second kappa shape index (κ2) is 6.64. The van der Waals surface area contributed by atoms with Crippen molar-refractivity contribution in [3.05, 3.63) is 75.8 Å². The van der Waals surface area contributed by atoms with Gasteiger partial charge in [0.1, 0.15) is 0 Å². The van der Waals surface area contributed by atoms with Gasteiger partial charge in [-0.05, 0) is 67.8 Å². The van der Waals surface area contributed by atoms with Gasteiger partial charge in [-0.3, -0.25) is 9.78 Å². The number of hydrogen-bond donors (Lipinski definition) is 0. The third kappa shape index (κ3) is 2.86. The summed E-state index contributed by atoms with van der Waals surface area (Å²) in [5, 5.41) is 2.25. The highest BCUT2D eigenvalue weighted by molar-refractivity contribution is 5.97. The molecule has 0 amide bonds. The first-order valence-corrected chi connectivity index (χ1v) is 11.7. The van der Waals surface area contributed by atoms with Crippen LogP contribution in [0.1, 0.15) is 28.9 Å². The highest BCUT2D eigenvalue weighted by atomic mass is 16.1. The average molecular weight is 437 g/mol. The Morgan fingerprint density at radius 3 is 2.79 bits per heavy atom. The molecule has 0 bridgehead atoms. The summed E-state index contributed by atoms with van der Waals surface area (Å²) in [4.78, 5) is 27.7. The number of imidazole rings is 1. The molecule has 0 N–H and O–H groups in total. The molecular weight excluding hydrogens is 410 g/mol. The van der Waals surface area contributed by atoms with E-state index in [1.54, 1.807) is 0 Å². The summed E-state index contributed by atoms with van der Waals surface area (Å²) in [7, 11) is 2.22. The van der Waals surface area contributed by atoms with Gasteiger partial charge in [-0.15, -0.1) is 0 Å². The van der Waals surface area contributed by atoms with E-state index >= 15 is 0 Å². The molecule has 2 saturated heterocycles. The fourth-order valence-corrected chi connectivity index (χ4v) is 6.08. The Hall–Kier alpha value is -3.25. The number of nitrogens with zero attached hydrogens (tertiary/aromatic N) is 5. The Labute approximate surface area is 192 Å². The molecule has 0 saturated carbocycles. The monoisotopic (exact) mass is 436 g/mol. The molecule has 6 nitrogen and oxygen atoms in total. The highest BCUT2D eigenvalue weighted by Crippen LogP contribution is 2.40. The number of aromatic nitrogens is 3. The van der Waals surface area contributed by atoms with Gasteiger partial charge < -0.3 is 14.2 Å². The van der Waals surface area contributed by atoms with Gasteiger partial charge in [-0.2, -0.15) is 0 Å². The van der Waals surface area contributed by atoms with Crippen LogP contribution in [-0.2, 0) is 0 Å². The van der Waals surface area contributed by atoms with E-state index in [9.17, 15) is 4.79 Å². The first-order chi connectivity index (χ1) is 16.0. The molecule has 2 fully saturated rings. The van der Waals surface area contributed by atoms with Gasteiger partial charge in [0.25, 0.3) is 0 Å². The van der Waals surface area contributed by atoms with Crippen LogP contribution in [0.5, 0.6) is 0 Å². The Morgan fingerprint density at radius 1 is 1.03 bits per heavy atom. The fraction of sp³-hybridized carbons (Fsp3) is 0.333. The lowest BCUT2D eigenvalue weighted by Crippen LogP contribution is -2.34. The van der Waals surface area contributed by atoms with Crippen molar-refractivity contribution in [1.82, 2.24) is 19.3 Å². The molecule has 2 aromatic heterocycles. The van der Waals surface area contributed by atoms with Crippen LogP contribution in [0.4, 0.5) is 5.69 Å². The van der Waals surface area contributed by atoms with Crippen molar-refractivity contribution in [3.8, 4) is 11.3 Å². The molecule has 6 heteroatoms. The van der Waals surface area contributed by atoms with E-state index in [0.29, 0.717) is 17.3 Å². The maximum absolute atomic E-state index is 13.4. The number of benzene rings is 1. The van der Waals surface area contributed by atoms with E-state index in [1.807, 2.05) is 43.1 Å². The molecule has 1 aliphatic carbocycles. The van der Waals surface area contributed by atoms with Crippen LogP contribution >= 0.6 is 0 Å². The maximum Gasteiger partial charge on any atom is 0.192 e. The van der Waals surface area contributed by atoms with Crippen molar-refractivity contribution < 1.29 is 0 Å². The van der Waals surface area contributed by atoms with Gasteiger partial charge in [-0.25, -0.2) is 4.98 Å². The number of aryl methyl sites for hydroxylation is 2. The number of anilines is 1. The van der Waals surface area contributed by atoms with Crippen LogP contribution in [0.2, 0.25) is 0 Å². The van der Waals surface area contributed by atoms with Gasteiger partial charge in [0.2, 0.25) is 0 Å². The lowest BCUT2D eigenvalue weighted by molar-refractivity contribution is 0.386. The van der Waals surface area contributed by atoms with Crippen molar-refractivity contribution >= 4 is 22.1 Å². The van der Waals surface area contributed by atoms with Crippen molar-refractivity contribution in [2.75, 3.05) is 31.6 Å². The summed E-state index contributed by atoms with van der Waals surface area (Å²) < 4.78 is 1.98. The standard InChI is InChI=1S/C27H26N5O/c1-15-11-31-13-24(29-27(31)16(2)28-15)23-8-17-4-5-19(9-20(17)21-10-22(21)26(23)33)32-7-6-18-12-30(3)14-25(18)32/h4-5,8-11,13,18,25H,6-7,12,14H2,1-3H3/t18-,25+/m0/s1. The fourth-order valence-electron chi connectivity index (χ4n) is 6.08. The van der Waals surface area contributed by atoms with Crippen LogP contribution in [0.25, 0.3) is 27.7 Å². The van der Waals surface area contributed by atoms with E-state index in [-0.39, 0.29) is 5.43 Å².